The molecule has 0 bridgehead atoms. The molecular weight excluding hydrogens is 866 g/mol. The molecule has 1 aliphatic rings. The lowest BCUT2D eigenvalue weighted by atomic mass is 10.1. The molecule has 268 valence electrons. The zero-order valence-electron chi connectivity index (χ0n) is 28.8. The number of nitrogens with zero attached hydrogens (tertiary/aromatic N) is 4. The number of imidazole rings is 1. The van der Waals surface area contributed by atoms with Gasteiger partial charge in [-0.25, -0.2) is 22.5 Å². The van der Waals surface area contributed by atoms with Crippen molar-refractivity contribution in [1.29, 1.82) is 0 Å². The molecule has 2 heterocycles. The Kier molecular flexibility index (Phi) is 16.6. The lowest BCUT2D eigenvalue weighted by molar-refractivity contribution is 0.578. The van der Waals surface area contributed by atoms with E-state index in [0.717, 1.165) is 47.5 Å². The minimum atomic E-state index is -0.604. The van der Waals surface area contributed by atoms with Crippen molar-refractivity contribution < 1.29 is 17.6 Å². The van der Waals surface area contributed by atoms with Gasteiger partial charge in [-0.3, -0.25) is 4.57 Å². The monoisotopic (exact) mass is 912 g/mol. The Morgan fingerprint density at radius 3 is 1.80 bits per heavy atom. The van der Waals surface area contributed by atoms with Gasteiger partial charge in [0.15, 0.2) is 4.17 Å². The fourth-order valence-electron chi connectivity index (χ4n) is 5.84. The highest BCUT2D eigenvalue weighted by Crippen LogP contribution is 2.46. The van der Waals surface area contributed by atoms with Crippen LogP contribution in [-0.4, -0.2) is 24.7 Å². The van der Waals surface area contributed by atoms with Gasteiger partial charge in [0.1, 0.15) is 29.6 Å². The number of hydrogen-bond donors (Lipinski definition) is 0. The number of unbranched alkanes of at least 4 members (excludes halogenated alkanes) is 8. The third kappa shape index (κ3) is 10.8. The van der Waals surface area contributed by atoms with Crippen molar-refractivity contribution in [2.45, 2.75) is 82.2 Å². The van der Waals surface area contributed by atoms with Crippen molar-refractivity contribution in [3.8, 4) is 5.69 Å². The van der Waals surface area contributed by atoms with Crippen LogP contribution >= 0.6 is 45.2 Å². The van der Waals surface area contributed by atoms with Crippen LogP contribution < -0.4 is 9.80 Å². The highest BCUT2D eigenvalue weighted by Gasteiger charge is 2.35. The topological polar surface area (TPSA) is 24.3 Å². The second kappa shape index (κ2) is 20.8. The molecule has 4 aromatic carbocycles. The number of anilines is 3. The van der Waals surface area contributed by atoms with Gasteiger partial charge in [-0.05, 0) is 88.4 Å². The van der Waals surface area contributed by atoms with Gasteiger partial charge in [-0.2, -0.15) is 0 Å². The largest absolute Gasteiger partial charge is 0.341 e. The summed E-state index contributed by atoms with van der Waals surface area (Å²) in [4.78, 5) is 8.43. The summed E-state index contributed by atoms with van der Waals surface area (Å²) in [5.41, 5.74) is 4.36. The van der Waals surface area contributed by atoms with E-state index in [2.05, 4.69) is 75.0 Å². The average Bonchev–Trinajstić information content (AvgIpc) is 3.66. The molecule has 0 spiro atoms. The number of rotatable bonds is 13. The first-order chi connectivity index (χ1) is 24.3. The van der Waals surface area contributed by atoms with Crippen molar-refractivity contribution in [3.63, 3.8) is 0 Å². The lowest BCUT2D eigenvalue weighted by Crippen LogP contribution is -2.36. The zero-order valence-corrected chi connectivity index (χ0v) is 33.1. The SMILES string of the molecule is CCCCCCCI.CCCCCCCN1c2ccccc2N(c2ccc(F)cc2F)C1I.Fc1ccc(-n2cnc3ccccc32)c(F)c1. The normalized spacial score (nSPS) is 13.5. The van der Waals surface area contributed by atoms with Crippen LogP contribution in [0.1, 0.15) is 78.1 Å². The number of halogens is 6. The molecule has 1 aliphatic heterocycles. The van der Waals surface area contributed by atoms with Crippen molar-refractivity contribution in [2.24, 2.45) is 0 Å². The Morgan fingerprint density at radius 1 is 0.620 bits per heavy atom. The van der Waals surface area contributed by atoms with E-state index in [0.29, 0.717) is 11.4 Å². The molecule has 50 heavy (non-hydrogen) atoms. The molecule has 0 N–H and O–H groups in total. The minimum Gasteiger partial charge on any atom is -0.341 e. The first kappa shape index (κ1) is 39.9. The summed E-state index contributed by atoms with van der Waals surface area (Å²) in [5.74, 6) is -2.27. The molecule has 10 heteroatoms. The van der Waals surface area contributed by atoms with Crippen molar-refractivity contribution in [1.82, 2.24) is 9.55 Å². The maximum Gasteiger partial charge on any atom is 0.159 e. The summed E-state index contributed by atoms with van der Waals surface area (Å²) in [7, 11) is 0. The molecule has 4 nitrogen and oxygen atoms in total. The number of alkyl halides is 2. The summed E-state index contributed by atoms with van der Waals surface area (Å²) in [6, 6.07) is 22.7. The number of para-hydroxylation sites is 4. The Morgan fingerprint density at radius 2 is 1.18 bits per heavy atom. The van der Waals surface area contributed by atoms with Crippen LogP contribution in [0.5, 0.6) is 0 Å². The van der Waals surface area contributed by atoms with Gasteiger partial charge in [-0.1, -0.05) is 112 Å². The van der Waals surface area contributed by atoms with Gasteiger partial charge in [-0.15, -0.1) is 0 Å². The average molecular weight is 913 g/mol. The lowest BCUT2D eigenvalue weighted by Gasteiger charge is -2.29. The zero-order chi connectivity index (χ0) is 35.9. The summed E-state index contributed by atoms with van der Waals surface area (Å²) in [6.07, 6.45) is 14.7. The highest BCUT2D eigenvalue weighted by molar-refractivity contribution is 14.1. The van der Waals surface area contributed by atoms with Crippen molar-refractivity contribution in [2.75, 3.05) is 20.8 Å². The molecule has 0 saturated heterocycles. The van der Waals surface area contributed by atoms with Gasteiger partial charge in [0.05, 0.1) is 33.8 Å². The summed E-state index contributed by atoms with van der Waals surface area (Å²) in [5, 5.41) is 0. The second-order valence-corrected chi connectivity index (χ2v) is 14.4. The Hall–Kier alpha value is -2.87. The van der Waals surface area contributed by atoms with Gasteiger partial charge >= 0.3 is 0 Å². The predicted molar refractivity (Wildman–Crippen MR) is 217 cm³/mol. The molecule has 0 amide bonds. The molecule has 0 saturated carbocycles. The fraction of sp³-hybridized carbons (Fsp3) is 0.375. The second-order valence-electron chi connectivity index (χ2n) is 12.2. The molecule has 1 unspecified atom stereocenters. The van der Waals surface area contributed by atoms with E-state index in [9.17, 15) is 17.6 Å². The maximum atomic E-state index is 14.4. The molecule has 0 radical (unpaired) electrons. The highest BCUT2D eigenvalue weighted by atomic mass is 127. The van der Waals surface area contributed by atoms with Gasteiger partial charge < -0.3 is 9.80 Å². The number of hydrogen-bond acceptors (Lipinski definition) is 3. The van der Waals surface area contributed by atoms with Crippen LogP contribution in [0.3, 0.4) is 0 Å². The third-order valence-electron chi connectivity index (χ3n) is 8.45. The summed E-state index contributed by atoms with van der Waals surface area (Å²) < 4.78 is 57.1. The maximum absolute atomic E-state index is 14.4. The summed E-state index contributed by atoms with van der Waals surface area (Å²) in [6.45, 7) is 5.41. The number of fused-ring (bicyclic) bond motifs is 2. The fourth-order valence-corrected chi connectivity index (χ4v) is 7.56. The van der Waals surface area contributed by atoms with Crippen LogP contribution in [0.4, 0.5) is 34.6 Å². The van der Waals surface area contributed by atoms with E-state index in [1.807, 2.05) is 47.4 Å². The molecule has 1 atom stereocenters. The smallest absolute Gasteiger partial charge is 0.159 e. The van der Waals surface area contributed by atoms with E-state index in [-0.39, 0.29) is 4.17 Å². The van der Waals surface area contributed by atoms with Gasteiger partial charge in [0, 0.05) is 18.7 Å². The van der Waals surface area contributed by atoms with E-state index >= 15 is 0 Å². The molecule has 5 aromatic rings. The van der Waals surface area contributed by atoms with Crippen LogP contribution in [0, 0.1) is 23.3 Å². The molecular formula is C40H46F4I2N4. The van der Waals surface area contributed by atoms with E-state index < -0.39 is 23.3 Å². The quantitative estimate of drug-likeness (QED) is 0.0387. The predicted octanol–water partition coefficient (Wildman–Crippen LogP) is 13.3. The van der Waals surface area contributed by atoms with Crippen molar-refractivity contribution >= 4 is 73.3 Å². The van der Waals surface area contributed by atoms with E-state index in [4.69, 9.17) is 0 Å². The van der Waals surface area contributed by atoms with Crippen LogP contribution in [0.15, 0.2) is 91.3 Å². The standard InChI is InChI=1S/C20H23F2IN2.C13H8F2N2.C7H15I/c1-2-3-4-5-8-13-24-18-9-6-7-10-19(18)25(20(24)23)17-12-11-15(21)14-16(17)22;14-9-5-6-12(10(15)7-9)17-8-16-11-3-1-2-4-13(11)17;1-2-3-4-5-6-7-8/h6-7,9-12,14,20H,2-5,8,13H2,1H3;1-8H;2-7H2,1H3. The minimum absolute atomic E-state index is 0.0267. The Bertz CT molecular complexity index is 1760. The van der Waals surface area contributed by atoms with E-state index in [1.165, 1.54) is 92.8 Å². The Labute approximate surface area is 321 Å². The van der Waals surface area contributed by atoms with E-state index in [1.54, 1.807) is 4.57 Å². The molecule has 6 rings (SSSR count). The molecule has 0 aliphatic carbocycles. The molecule has 1 aromatic heterocycles. The van der Waals surface area contributed by atoms with Gasteiger partial charge in [0.2, 0.25) is 0 Å². The number of benzene rings is 4. The number of aromatic nitrogens is 2. The molecule has 0 fully saturated rings. The first-order valence-electron chi connectivity index (χ1n) is 17.5. The van der Waals surface area contributed by atoms with Crippen LogP contribution in [0.2, 0.25) is 0 Å². The van der Waals surface area contributed by atoms with Crippen LogP contribution in [0.25, 0.3) is 16.7 Å². The van der Waals surface area contributed by atoms with Crippen molar-refractivity contribution in [3.05, 3.63) is 115 Å². The Balaban J connectivity index is 0.000000193. The van der Waals surface area contributed by atoms with Gasteiger partial charge in [0.25, 0.3) is 0 Å². The third-order valence-corrected chi connectivity index (χ3v) is 10.4. The summed E-state index contributed by atoms with van der Waals surface area (Å²) >= 11 is 4.78. The van der Waals surface area contributed by atoms with Crippen LogP contribution in [-0.2, 0) is 0 Å². The first-order valence-corrected chi connectivity index (χ1v) is 20.2.